The molecule has 1 aromatic heterocycles. The standard InChI is InChI=1S/C22H26ClN3OS/c1-2-26-20(17-3-5-18(23)6-4-17)24-25-21(26)28-13-19(27)22-10-14-7-15(11-22)9-16(8-14)12-22/h3-6,14-16H,2,7-13H2,1H3. The van der Waals surface area contributed by atoms with E-state index in [2.05, 4.69) is 21.7 Å². The van der Waals surface area contributed by atoms with Crippen molar-refractivity contribution in [1.29, 1.82) is 0 Å². The largest absolute Gasteiger partial charge is 0.302 e. The van der Waals surface area contributed by atoms with Gasteiger partial charge in [0.1, 0.15) is 5.78 Å². The summed E-state index contributed by atoms with van der Waals surface area (Å²) in [4.78, 5) is 13.3. The summed E-state index contributed by atoms with van der Waals surface area (Å²) in [5, 5.41) is 10.3. The third-order valence-corrected chi connectivity index (χ3v) is 8.32. The van der Waals surface area contributed by atoms with Crippen LogP contribution in [0.15, 0.2) is 29.4 Å². The van der Waals surface area contributed by atoms with Crippen LogP contribution in [-0.2, 0) is 11.3 Å². The maximum Gasteiger partial charge on any atom is 0.191 e. The Bertz CT molecular complexity index is 856. The van der Waals surface area contributed by atoms with Crippen LogP contribution in [0.1, 0.15) is 45.4 Å². The van der Waals surface area contributed by atoms with E-state index in [1.165, 1.54) is 19.3 Å². The summed E-state index contributed by atoms with van der Waals surface area (Å²) in [7, 11) is 0. The lowest BCUT2D eigenvalue weighted by atomic mass is 9.48. The first-order valence-corrected chi connectivity index (χ1v) is 11.8. The Morgan fingerprint density at radius 1 is 1.11 bits per heavy atom. The number of thioether (sulfide) groups is 1. The quantitative estimate of drug-likeness (QED) is 0.584. The van der Waals surface area contributed by atoms with E-state index in [0.717, 1.165) is 60.1 Å². The number of rotatable bonds is 6. The molecule has 0 unspecified atom stereocenters. The van der Waals surface area contributed by atoms with Gasteiger partial charge in [-0.3, -0.25) is 4.79 Å². The van der Waals surface area contributed by atoms with Gasteiger partial charge in [0.05, 0.1) is 5.75 Å². The van der Waals surface area contributed by atoms with E-state index in [9.17, 15) is 4.79 Å². The SMILES string of the molecule is CCn1c(SCC(=O)C23CC4CC(CC(C4)C2)C3)nnc1-c1ccc(Cl)cc1. The summed E-state index contributed by atoms with van der Waals surface area (Å²) in [5.41, 5.74) is 0.968. The predicted molar refractivity (Wildman–Crippen MR) is 112 cm³/mol. The molecule has 1 aromatic carbocycles. The topological polar surface area (TPSA) is 47.8 Å². The number of hydrogen-bond donors (Lipinski definition) is 0. The zero-order valence-electron chi connectivity index (χ0n) is 16.2. The van der Waals surface area contributed by atoms with E-state index >= 15 is 0 Å². The van der Waals surface area contributed by atoms with Crippen molar-refractivity contribution in [2.75, 3.05) is 5.75 Å². The number of carbonyl (C=O) groups is 1. The molecule has 4 bridgehead atoms. The fourth-order valence-electron chi connectivity index (χ4n) is 6.23. The van der Waals surface area contributed by atoms with Crippen molar-refractivity contribution in [1.82, 2.24) is 14.8 Å². The molecule has 6 heteroatoms. The Morgan fingerprint density at radius 2 is 1.71 bits per heavy atom. The number of Topliss-reactive ketones (excluding diaryl/α,β-unsaturated/α-hetero) is 1. The fraction of sp³-hybridized carbons (Fsp3) is 0.591. The molecular weight excluding hydrogens is 390 g/mol. The predicted octanol–water partition coefficient (Wildman–Crippen LogP) is 5.50. The van der Waals surface area contributed by atoms with Crippen molar-refractivity contribution >= 4 is 29.1 Å². The lowest BCUT2D eigenvalue weighted by Gasteiger charge is -2.56. The average molecular weight is 416 g/mol. The number of benzene rings is 1. The van der Waals surface area contributed by atoms with Gasteiger partial charge in [-0.25, -0.2) is 0 Å². The van der Waals surface area contributed by atoms with E-state index < -0.39 is 0 Å². The third kappa shape index (κ3) is 3.21. The van der Waals surface area contributed by atoms with Crippen molar-refractivity contribution < 1.29 is 4.79 Å². The summed E-state index contributed by atoms with van der Waals surface area (Å²) in [6.45, 7) is 2.87. The second-order valence-electron chi connectivity index (χ2n) is 8.97. The highest BCUT2D eigenvalue weighted by Gasteiger charge is 2.54. The molecule has 6 rings (SSSR count). The Kier molecular flexibility index (Phi) is 4.79. The van der Waals surface area contributed by atoms with E-state index in [0.29, 0.717) is 16.6 Å². The van der Waals surface area contributed by atoms with E-state index in [4.69, 9.17) is 11.6 Å². The van der Waals surface area contributed by atoms with Gasteiger partial charge in [0.15, 0.2) is 11.0 Å². The highest BCUT2D eigenvalue weighted by atomic mass is 35.5. The minimum absolute atomic E-state index is 0.0299. The lowest BCUT2D eigenvalue weighted by Crippen LogP contribution is -2.50. The van der Waals surface area contributed by atoms with E-state index in [1.807, 2.05) is 24.3 Å². The Labute approximate surface area is 175 Å². The van der Waals surface area contributed by atoms with Gasteiger partial charge in [0.2, 0.25) is 0 Å². The lowest BCUT2D eigenvalue weighted by molar-refractivity contribution is -0.141. The number of nitrogens with zero attached hydrogens (tertiary/aromatic N) is 3. The first kappa shape index (κ1) is 18.7. The van der Waals surface area contributed by atoms with Gasteiger partial charge in [0, 0.05) is 22.5 Å². The zero-order chi connectivity index (χ0) is 19.3. The molecule has 4 fully saturated rings. The van der Waals surface area contributed by atoms with Crippen molar-refractivity contribution in [3.63, 3.8) is 0 Å². The normalized spacial score (nSPS) is 30.7. The van der Waals surface area contributed by atoms with Crippen molar-refractivity contribution in [3.05, 3.63) is 29.3 Å². The number of ketones is 1. The molecule has 4 saturated carbocycles. The van der Waals surface area contributed by atoms with Crippen LogP contribution >= 0.6 is 23.4 Å². The number of halogens is 1. The second kappa shape index (κ2) is 7.17. The van der Waals surface area contributed by atoms with Crippen LogP contribution in [0.4, 0.5) is 0 Å². The monoisotopic (exact) mass is 415 g/mol. The van der Waals surface area contributed by atoms with Gasteiger partial charge < -0.3 is 4.57 Å². The Hall–Kier alpha value is -1.33. The van der Waals surface area contributed by atoms with Gasteiger partial charge in [-0.15, -0.1) is 10.2 Å². The van der Waals surface area contributed by atoms with E-state index in [1.54, 1.807) is 11.8 Å². The van der Waals surface area contributed by atoms with Crippen molar-refractivity contribution in [2.24, 2.45) is 23.2 Å². The summed E-state index contributed by atoms with van der Waals surface area (Å²) in [5.74, 6) is 4.22. The number of carbonyl (C=O) groups excluding carboxylic acids is 1. The molecule has 28 heavy (non-hydrogen) atoms. The van der Waals surface area contributed by atoms with Crippen LogP contribution in [0.2, 0.25) is 5.02 Å². The minimum Gasteiger partial charge on any atom is -0.302 e. The Morgan fingerprint density at radius 3 is 2.29 bits per heavy atom. The van der Waals surface area contributed by atoms with Crippen LogP contribution < -0.4 is 0 Å². The van der Waals surface area contributed by atoms with Crippen LogP contribution in [0.25, 0.3) is 11.4 Å². The smallest absolute Gasteiger partial charge is 0.191 e. The van der Waals surface area contributed by atoms with Crippen LogP contribution in [0.5, 0.6) is 0 Å². The number of aromatic nitrogens is 3. The first-order chi connectivity index (χ1) is 13.6. The summed E-state index contributed by atoms with van der Waals surface area (Å²) < 4.78 is 2.10. The molecule has 1 heterocycles. The van der Waals surface area contributed by atoms with Gasteiger partial charge in [-0.2, -0.15) is 0 Å². The Balaban J connectivity index is 1.32. The number of hydrogen-bond acceptors (Lipinski definition) is 4. The molecule has 4 aliphatic carbocycles. The molecule has 0 N–H and O–H groups in total. The fourth-order valence-corrected chi connectivity index (χ4v) is 7.39. The second-order valence-corrected chi connectivity index (χ2v) is 10.3. The van der Waals surface area contributed by atoms with Crippen molar-refractivity contribution in [2.45, 2.75) is 57.1 Å². The summed E-state index contributed by atoms with van der Waals surface area (Å²) in [6.07, 6.45) is 7.51. The van der Waals surface area contributed by atoms with Crippen molar-refractivity contribution in [3.8, 4) is 11.4 Å². The molecule has 0 aliphatic heterocycles. The molecule has 4 nitrogen and oxygen atoms in total. The minimum atomic E-state index is -0.0299. The molecule has 148 valence electrons. The highest BCUT2D eigenvalue weighted by Crippen LogP contribution is 2.60. The first-order valence-electron chi connectivity index (χ1n) is 10.4. The molecule has 0 spiro atoms. The molecule has 2 aromatic rings. The maximum absolute atomic E-state index is 13.3. The third-order valence-electron chi connectivity index (χ3n) is 7.10. The van der Waals surface area contributed by atoms with Gasteiger partial charge >= 0.3 is 0 Å². The van der Waals surface area contributed by atoms with Gasteiger partial charge in [0.25, 0.3) is 0 Å². The van der Waals surface area contributed by atoms with E-state index in [-0.39, 0.29) is 5.41 Å². The van der Waals surface area contributed by atoms with Crippen LogP contribution in [0.3, 0.4) is 0 Å². The highest BCUT2D eigenvalue weighted by molar-refractivity contribution is 7.99. The molecule has 4 aliphatic rings. The average Bonchev–Trinajstić information content (AvgIpc) is 3.08. The molecule has 0 amide bonds. The summed E-state index contributed by atoms with van der Waals surface area (Å²) in [6, 6.07) is 7.67. The summed E-state index contributed by atoms with van der Waals surface area (Å²) >= 11 is 7.57. The molecular formula is C22H26ClN3OS. The van der Waals surface area contributed by atoms with Gasteiger partial charge in [-0.05, 0) is 87.5 Å². The molecule has 0 saturated heterocycles. The molecule has 0 radical (unpaired) electrons. The van der Waals surface area contributed by atoms with Crippen LogP contribution in [-0.4, -0.2) is 26.3 Å². The van der Waals surface area contributed by atoms with Crippen LogP contribution in [0, 0.1) is 23.2 Å². The molecule has 0 atom stereocenters. The maximum atomic E-state index is 13.3. The van der Waals surface area contributed by atoms with Gasteiger partial charge in [-0.1, -0.05) is 23.4 Å². The zero-order valence-corrected chi connectivity index (χ0v) is 17.8.